The first kappa shape index (κ1) is 15.3. The van der Waals surface area contributed by atoms with Crippen LogP contribution in [0.3, 0.4) is 0 Å². The molecule has 0 aromatic heterocycles. The first-order valence-corrected chi connectivity index (χ1v) is 7.08. The van der Waals surface area contributed by atoms with Crippen LogP contribution in [0.4, 0.5) is 0 Å². The molecule has 0 aliphatic heterocycles. The van der Waals surface area contributed by atoms with Crippen LogP contribution in [-0.4, -0.2) is 30.2 Å². The maximum atomic E-state index is 9.77. The highest BCUT2D eigenvalue weighted by molar-refractivity contribution is 9.10. The highest BCUT2D eigenvalue weighted by atomic mass is 79.9. The van der Waals surface area contributed by atoms with Crippen molar-refractivity contribution >= 4 is 15.9 Å². The average molecular weight is 316 g/mol. The van der Waals surface area contributed by atoms with Crippen molar-refractivity contribution in [3.8, 4) is 11.5 Å². The molecular formula is C14H22BrNO2. The highest BCUT2D eigenvalue weighted by Crippen LogP contribution is 2.35. The van der Waals surface area contributed by atoms with Crippen LogP contribution in [-0.2, 0) is 6.54 Å². The second-order valence-corrected chi connectivity index (χ2v) is 5.37. The van der Waals surface area contributed by atoms with Gasteiger partial charge in [-0.3, -0.25) is 4.90 Å². The van der Waals surface area contributed by atoms with Crippen LogP contribution in [0.1, 0.15) is 32.3 Å². The number of halogens is 1. The van der Waals surface area contributed by atoms with E-state index >= 15 is 0 Å². The van der Waals surface area contributed by atoms with Crippen molar-refractivity contribution in [3.63, 3.8) is 0 Å². The van der Waals surface area contributed by atoms with Crippen molar-refractivity contribution in [2.24, 2.45) is 0 Å². The van der Waals surface area contributed by atoms with Crippen LogP contribution in [0.15, 0.2) is 16.6 Å². The van der Waals surface area contributed by atoms with Crippen LogP contribution >= 0.6 is 15.9 Å². The number of methoxy groups -OCH3 is 1. The number of ether oxygens (including phenoxy) is 1. The summed E-state index contributed by atoms with van der Waals surface area (Å²) in [6.45, 7) is 5.26. The lowest BCUT2D eigenvalue weighted by Crippen LogP contribution is -2.29. The quantitative estimate of drug-likeness (QED) is 0.867. The topological polar surface area (TPSA) is 32.7 Å². The van der Waals surface area contributed by atoms with E-state index in [1.54, 1.807) is 7.11 Å². The van der Waals surface area contributed by atoms with Crippen LogP contribution < -0.4 is 4.74 Å². The molecule has 1 N–H and O–H groups in total. The molecule has 0 fully saturated rings. The lowest BCUT2D eigenvalue weighted by molar-refractivity contribution is 0.221. The van der Waals surface area contributed by atoms with E-state index in [9.17, 15) is 5.11 Å². The van der Waals surface area contributed by atoms with Crippen LogP contribution in [0.2, 0.25) is 0 Å². The van der Waals surface area contributed by atoms with Gasteiger partial charge in [0.2, 0.25) is 0 Å². The van der Waals surface area contributed by atoms with Crippen LogP contribution in [0, 0.1) is 0 Å². The van der Waals surface area contributed by atoms with Crippen molar-refractivity contribution in [2.45, 2.75) is 39.3 Å². The van der Waals surface area contributed by atoms with E-state index in [0.717, 1.165) is 24.9 Å². The molecule has 0 unspecified atom stereocenters. The number of nitrogens with zero attached hydrogens (tertiary/aromatic N) is 1. The first-order valence-electron chi connectivity index (χ1n) is 6.29. The Hall–Kier alpha value is -0.740. The Morgan fingerprint density at radius 3 is 2.44 bits per heavy atom. The van der Waals surface area contributed by atoms with Gasteiger partial charge in [0.15, 0.2) is 11.5 Å². The van der Waals surface area contributed by atoms with Gasteiger partial charge in [0, 0.05) is 12.6 Å². The molecule has 1 aromatic rings. The van der Waals surface area contributed by atoms with Gasteiger partial charge in [0.25, 0.3) is 0 Å². The smallest absolute Gasteiger partial charge is 0.172 e. The van der Waals surface area contributed by atoms with Gasteiger partial charge in [0.1, 0.15) is 0 Å². The third-order valence-electron chi connectivity index (χ3n) is 3.31. The van der Waals surface area contributed by atoms with E-state index in [1.807, 2.05) is 12.1 Å². The summed E-state index contributed by atoms with van der Waals surface area (Å²) in [6, 6.07) is 4.42. The molecule has 0 saturated carbocycles. The zero-order valence-corrected chi connectivity index (χ0v) is 13.1. The Labute approximate surface area is 118 Å². The minimum atomic E-state index is 0.159. The maximum absolute atomic E-state index is 9.77. The molecule has 0 saturated heterocycles. The number of aromatic hydroxyl groups is 1. The summed E-state index contributed by atoms with van der Waals surface area (Å²) in [6.07, 6.45) is 2.28. The summed E-state index contributed by atoms with van der Waals surface area (Å²) < 4.78 is 5.84. The largest absolute Gasteiger partial charge is 0.503 e. The Kier molecular flexibility index (Phi) is 5.96. The molecule has 0 bridgehead atoms. The predicted molar refractivity (Wildman–Crippen MR) is 78.2 cm³/mol. The monoisotopic (exact) mass is 315 g/mol. The lowest BCUT2D eigenvalue weighted by Gasteiger charge is -2.26. The molecule has 0 radical (unpaired) electrons. The Morgan fingerprint density at radius 1 is 1.33 bits per heavy atom. The van der Waals surface area contributed by atoms with E-state index in [-0.39, 0.29) is 5.75 Å². The molecule has 0 amide bonds. The maximum Gasteiger partial charge on any atom is 0.172 e. The fraction of sp³-hybridized carbons (Fsp3) is 0.571. The van der Waals surface area contributed by atoms with E-state index in [0.29, 0.717) is 16.3 Å². The third kappa shape index (κ3) is 3.62. The summed E-state index contributed by atoms with van der Waals surface area (Å²) in [5.74, 6) is 0.670. The van der Waals surface area contributed by atoms with Crippen molar-refractivity contribution in [3.05, 3.63) is 22.2 Å². The second-order valence-electron chi connectivity index (χ2n) is 4.51. The molecule has 1 aromatic carbocycles. The van der Waals surface area contributed by atoms with Gasteiger partial charge in [-0.1, -0.05) is 13.8 Å². The third-order valence-corrected chi connectivity index (χ3v) is 3.91. The van der Waals surface area contributed by atoms with Crippen molar-refractivity contribution in [2.75, 3.05) is 14.2 Å². The fourth-order valence-corrected chi connectivity index (χ4v) is 2.69. The van der Waals surface area contributed by atoms with Gasteiger partial charge in [-0.05, 0) is 53.5 Å². The molecular weight excluding hydrogens is 294 g/mol. The number of phenolic OH excluding ortho intramolecular Hbond substituents is 1. The molecule has 0 heterocycles. The average Bonchev–Trinajstić information content (AvgIpc) is 2.35. The number of hydrogen-bond acceptors (Lipinski definition) is 3. The van der Waals surface area contributed by atoms with E-state index < -0.39 is 0 Å². The van der Waals surface area contributed by atoms with Crippen molar-refractivity contribution in [1.82, 2.24) is 4.90 Å². The van der Waals surface area contributed by atoms with Gasteiger partial charge in [0.05, 0.1) is 11.6 Å². The van der Waals surface area contributed by atoms with Crippen LogP contribution in [0.25, 0.3) is 0 Å². The van der Waals surface area contributed by atoms with Crippen LogP contribution in [0.5, 0.6) is 11.5 Å². The summed E-state index contributed by atoms with van der Waals surface area (Å²) in [5.41, 5.74) is 1.13. The van der Waals surface area contributed by atoms with Gasteiger partial charge in [-0.15, -0.1) is 0 Å². The summed E-state index contributed by atoms with van der Waals surface area (Å²) in [5, 5.41) is 9.77. The molecule has 0 aliphatic rings. The van der Waals surface area contributed by atoms with Crippen molar-refractivity contribution < 1.29 is 9.84 Å². The van der Waals surface area contributed by atoms with Gasteiger partial charge < -0.3 is 9.84 Å². The molecule has 102 valence electrons. The molecule has 3 nitrogen and oxygen atoms in total. The zero-order chi connectivity index (χ0) is 13.7. The molecule has 0 spiro atoms. The normalized spacial score (nSPS) is 11.3. The van der Waals surface area contributed by atoms with Gasteiger partial charge in [-0.25, -0.2) is 0 Å². The second kappa shape index (κ2) is 7.00. The van der Waals surface area contributed by atoms with Gasteiger partial charge in [-0.2, -0.15) is 0 Å². The van der Waals surface area contributed by atoms with Gasteiger partial charge >= 0.3 is 0 Å². The SMILES string of the molecule is CCC(CC)N(C)Cc1cc(Br)c(O)c(OC)c1. The molecule has 4 heteroatoms. The minimum Gasteiger partial charge on any atom is -0.503 e. The number of phenols is 1. The summed E-state index contributed by atoms with van der Waals surface area (Å²) >= 11 is 3.35. The summed E-state index contributed by atoms with van der Waals surface area (Å²) in [4.78, 5) is 2.33. The zero-order valence-electron chi connectivity index (χ0n) is 11.5. The lowest BCUT2D eigenvalue weighted by atomic mass is 10.1. The minimum absolute atomic E-state index is 0.159. The standard InChI is InChI=1S/C14H22BrNO2/c1-5-11(6-2)16(3)9-10-7-12(15)14(17)13(8-10)18-4/h7-8,11,17H,5-6,9H2,1-4H3. The highest BCUT2D eigenvalue weighted by Gasteiger charge is 2.13. The number of hydrogen-bond donors (Lipinski definition) is 1. The predicted octanol–water partition coefficient (Wildman–Crippen LogP) is 3.78. The molecule has 1 rings (SSSR count). The summed E-state index contributed by atoms with van der Waals surface area (Å²) in [7, 11) is 3.70. The van der Waals surface area contributed by atoms with E-state index in [4.69, 9.17) is 4.74 Å². The van der Waals surface area contributed by atoms with E-state index in [2.05, 4.69) is 41.7 Å². The molecule has 0 aliphatic carbocycles. The Morgan fingerprint density at radius 2 is 1.94 bits per heavy atom. The molecule has 0 atom stereocenters. The van der Waals surface area contributed by atoms with E-state index in [1.165, 1.54) is 0 Å². The number of rotatable bonds is 6. The fourth-order valence-electron chi connectivity index (χ4n) is 2.20. The first-order chi connectivity index (χ1) is 8.53. The molecule has 18 heavy (non-hydrogen) atoms. The Balaban J connectivity index is 2.88. The van der Waals surface area contributed by atoms with Crippen molar-refractivity contribution in [1.29, 1.82) is 0 Å². The Bertz CT molecular complexity index is 392. The number of benzene rings is 1.